The number of nitrogens with one attached hydrogen (secondary N) is 1. The van der Waals surface area contributed by atoms with Crippen LogP contribution < -0.4 is 5.32 Å². The summed E-state index contributed by atoms with van der Waals surface area (Å²) < 4.78 is 0. The van der Waals surface area contributed by atoms with Gasteiger partial charge in [-0.25, -0.2) is 0 Å². The molecule has 1 atom stereocenters. The third kappa shape index (κ3) is 4.46. The Morgan fingerprint density at radius 3 is 2.42 bits per heavy atom. The van der Waals surface area contributed by atoms with Gasteiger partial charge in [-0.1, -0.05) is 20.3 Å². The average Bonchev–Trinajstić information content (AvgIpc) is 2.35. The molecule has 1 aliphatic heterocycles. The van der Waals surface area contributed by atoms with E-state index in [1.54, 1.807) is 0 Å². The molecule has 112 valence electrons. The summed E-state index contributed by atoms with van der Waals surface area (Å²) in [6.45, 7) is 13.5. The lowest BCUT2D eigenvalue weighted by molar-refractivity contribution is 0.0534. The Labute approximate surface area is 120 Å². The standard InChI is InChI=1S/C17H34N2/c1-14(2)19(13-15-7-10-18-11-8-15)16-6-5-9-17(3,4)12-16/h14-16,18H,5-13H2,1-4H3. The summed E-state index contributed by atoms with van der Waals surface area (Å²) in [6, 6.07) is 1.53. The highest BCUT2D eigenvalue weighted by atomic mass is 15.2. The fourth-order valence-electron chi connectivity index (χ4n) is 4.09. The first-order chi connectivity index (χ1) is 8.98. The molecule has 0 spiro atoms. The van der Waals surface area contributed by atoms with Crippen molar-refractivity contribution >= 4 is 0 Å². The molecule has 1 saturated heterocycles. The summed E-state index contributed by atoms with van der Waals surface area (Å²) >= 11 is 0. The molecule has 2 heteroatoms. The van der Waals surface area contributed by atoms with Crippen molar-refractivity contribution in [2.75, 3.05) is 19.6 Å². The van der Waals surface area contributed by atoms with Crippen molar-refractivity contribution in [3.05, 3.63) is 0 Å². The van der Waals surface area contributed by atoms with Crippen molar-refractivity contribution in [1.29, 1.82) is 0 Å². The second kappa shape index (κ2) is 6.58. The largest absolute Gasteiger partial charge is 0.317 e. The van der Waals surface area contributed by atoms with Gasteiger partial charge in [0.1, 0.15) is 0 Å². The smallest absolute Gasteiger partial charge is 0.0103 e. The van der Waals surface area contributed by atoms with Crippen molar-refractivity contribution in [1.82, 2.24) is 10.2 Å². The second-order valence-corrected chi connectivity index (χ2v) is 7.90. The van der Waals surface area contributed by atoms with Gasteiger partial charge in [0, 0.05) is 18.6 Å². The van der Waals surface area contributed by atoms with Gasteiger partial charge in [0.05, 0.1) is 0 Å². The molecule has 0 aromatic carbocycles. The molecule has 0 bridgehead atoms. The quantitative estimate of drug-likeness (QED) is 0.835. The molecule has 2 aliphatic rings. The highest BCUT2D eigenvalue weighted by Crippen LogP contribution is 2.38. The highest BCUT2D eigenvalue weighted by molar-refractivity contribution is 4.87. The molecular weight excluding hydrogens is 232 g/mol. The Kier molecular flexibility index (Phi) is 5.30. The molecule has 0 amide bonds. The number of piperidine rings is 1. The van der Waals surface area contributed by atoms with Crippen LogP contribution in [-0.2, 0) is 0 Å². The Hall–Kier alpha value is -0.0800. The topological polar surface area (TPSA) is 15.3 Å². The number of rotatable bonds is 4. The fraction of sp³-hybridized carbons (Fsp3) is 1.00. The van der Waals surface area contributed by atoms with Gasteiger partial charge in [-0.05, 0) is 70.4 Å². The van der Waals surface area contributed by atoms with E-state index >= 15 is 0 Å². The molecule has 0 aromatic heterocycles. The van der Waals surface area contributed by atoms with E-state index < -0.39 is 0 Å². The molecule has 2 fully saturated rings. The van der Waals surface area contributed by atoms with Gasteiger partial charge in [-0.2, -0.15) is 0 Å². The van der Waals surface area contributed by atoms with Gasteiger partial charge in [0.25, 0.3) is 0 Å². The first kappa shape index (κ1) is 15.3. The van der Waals surface area contributed by atoms with E-state index in [0.717, 1.165) is 12.0 Å². The van der Waals surface area contributed by atoms with Crippen molar-refractivity contribution < 1.29 is 0 Å². The lowest BCUT2D eigenvalue weighted by Crippen LogP contribution is -2.48. The summed E-state index contributed by atoms with van der Waals surface area (Å²) in [7, 11) is 0. The zero-order valence-electron chi connectivity index (χ0n) is 13.5. The predicted octanol–water partition coefficient (Wildman–Crippen LogP) is 3.67. The van der Waals surface area contributed by atoms with Gasteiger partial charge in [0.2, 0.25) is 0 Å². The molecule has 2 rings (SSSR count). The van der Waals surface area contributed by atoms with Crippen molar-refractivity contribution in [3.8, 4) is 0 Å². The molecule has 1 unspecified atom stereocenters. The minimum Gasteiger partial charge on any atom is -0.317 e. The van der Waals surface area contributed by atoms with Crippen LogP contribution in [0.4, 0.5) is 0 Å². The maximum absolute atomic E-state index is 3.49. The summed E-state index contributed by atoms with van der Waals surface area (Å²) in [6.07, 6.45) is 8.41. The van der Waals surface area contributed by atoms with Crippen LogP contribution in [0.1, 0.15) is 66.2 Å². The predicted molar refractivity (Wildman–Crippen MR) is 83.5 cm³/mol. The van der Waals surface area contributed by atoms with Gasteiger partial charge < -0.3 is 5.32 Å². The normalized spacial score (nSPS) is 29.1. The lowest BCUT2D eigenvalue weighted by atomic mass is 9.74. The summed E-state index contributed by atoms with van der Waals surface area (Å²) in [5.74, 6) is 0.925. The number of nitrogens with zero attached hydrogens (tertiary/aromatic N) is 1. The van der Waals surface area contributed by atoms with Crippen molar-refractivity contribution in [2.24, 2.45) is 11.3 Å². The van der Waals surface area contributed by atoms with Gasteiger partial charge >= 0.3 is 0 Å². The second-order valence-electron chi connectivity index (χ2n) is 7.90. The van der Waals surface area contributed by atoms with E-state index in [-0.39, 0.29) is 0 Å². The Morgan fingerprint density at radius 1 is 1.16 bits per heavy atom. The number of hydrogen-bond donors (Lipinski definition) is 1. The minimum atomic E-state index is 0.560. The molecule has 1 heterocycles. The number of hydrogen-bond acceptors (Lipinski definition) is 2. The van der Waals surface area contributed by atoms with E-state index in [1.165, 1.54) is 58.2 Å². The maximum Gasteiger partial charge on any atom is 0.0103 e. The van der Waals surface area contributed by atoms with Crippen LogP contribution in [0, 0.1) is 11.3 Å². The SMILES string of the molecule is CC(C)N(CC1CCNCC1)C1CCCC(C)(C)C1. The summed E-state index contributed by atoms with van der Waals surface area (Å²) in [5.41, 5.74) is 0.560. The van der Waals surface area contributed by atoms with Crippen molar-refractivity contribution in [2.45, 2.75) is 78.3 Å². The third-order valence-electron chi connectivity index (χ3n) is 5.24. The third-order valence-corrected chi connectivity index (χ3v) is 5.24. The van der Waals surface area contributed by atoms with E-state index in [4.69, 9.17) is 0 Å². The zero-order valence-corrected chi connectivity index (χ0v) is 13.5. The molecule has 0 aromatic rings. The molecule has 1 N–H and O–H groups in total. The van der Waals surface area contributed by atoms with Gasteiger partial charge in [-0.3, -0.25) is 4.90 Å². The van der Waals surface area contributed by atoms with Crippen LogP contribution >= 0.6 is 0 Å². The average molecular weight is 266 g/mol. The summed E-state index contributed by atoms with van der Waals surface area (Å²) in [4.78, 5) is 2.83. The molecule has 0 radical (unpaired) electrons. The zero-order chi connectivity index (χ0) is 13.9. The van der Waals surface area contributed by atoms with Gasteiger partial charge in [0.15, 0.2) is 0 Å². The molecule has 1 saturated carbocycles. The lowest BCUT2D eigenvalue weighted by Gasteiger charge is -2.44. The fourth-order valence-corrected chi connectivity index (χ4v) is 4.09. The van der Waals surface area contributed by atoms with E-state index in [2.05, 4.69) is 37.9 Å². The molecule has 19 heavy (non-hydrogen) atoms. The Balaban J connectivity index is 1.94. The maximum atomic E-state index is 3.49. The minimum absolute atomic E-state index is 0.560. The first-order valence-corrected chi connectivity index (χ1v) is 8.44. The van der Waals surface area contributed by atoms with Crippen molar-refractivity contribution in [3.63, 3.8) is 0 Å². The van der Waals surface area contributed by atoms with Crippen LogP contribution in [0.2, 0.25) is 0 Å². The monoisotopic (exact) mass is 266 g/mol. The van der Waals surface area contributed by atoms with Crippen LogP contribution in [-0.4, -0.2) is 36.6 Å². The summed E-state index contributed by atoms with van der Waals surface area (Å²) in [5, 5.41) is 3.49. The molecule has 1 aliphatic carbocycles. The van der Waals surface area contributed by atoms with Gasteiger partial charge in [-0.15, -0.1) is 0 Å². The first-order valence-electron chi connectivity index (χ1n) is 8.44. The molecule has 2 nitrogen and oxygen atoms in total. The van der Waals surface area contributed by atoms with E-state index in [9.17, 15) is 0 Å². The van der Waals surface area contributed by atoms with Crippen LogP contribution in [0.5, 0.6) is 0 Å². The Bertz CT molecular complexity index is 266. The Morgan fingerprint density at radius 2 is 1.84 bits per heavy atom. The van der Waals surface area contributed by atoms with Crippen LogP contribution in [0.3, 0.4) is 0 Å². The van der Waals surface area contributed by atoms with Crippen LogP contribution in [0.25, 0.3) is 0 Å². The van der Waals surface area contributed by atoms with E-state index in [0.29, 0.717) is 11.5 Å². The van der Waals surface area contributed by atoms with E-state index in [1.807, 2.05) is 0 Å². The molecular formula is C17H34N2. The van der Waals surface area contributed by atoms with Crippen LogP contribution in [0.15, 0.2) is 0 Å². The highest BCUT2D eigenvalue weighted by Gasteiger charge is 2.33.